The van der Waals surface area contributed by atoms with Crippen molar-refractivity contribution in [2.45, 2.75) is 39.3 Å². The molecule has 1 unspecified atom stereocenters. The van der Waals surface area contributed by atoms with Crippen molar-refractivity contribution in [3.63, 3.8) is 0 Å². The molecule has 1 aromatic carbocycles. The zero-order valence-electron chi connectivity index (χ0n) is 16.9. The SMILES string of the molecule is Cc1cccc(C)c1-n1nnnc1C1(C)CSCC(=O)N1CCCn1ccnc1. The van der Waals surface area contributed by atoms with Crippen LogP contribution >= 0.6 is 11.8 Å². The van der Waals surface area contributed by atoms with E-state index in [0.29, 0.717) is 18.1 Å². The van der Waals surface area contributed by atoms with Gasteiger partial charge in [-0.2, -0.15) is 4.68 Å². The fraction of sp³-hybridized carbons (Fsp3) is 0.450. The third kappa shape index (κ3) is 3.66. The molecule has 1 fully saturated rings. The number of nitrogens with zero attached hydrogens (tertiary/aromatic N) is 7. The largest absolute Gasteiger partial charge is 0.337 e. The van der Waals surface area contributed by atoms with E-state index in [0.717, 1.165) is 35.5 Å². The van der Waals surface area contributed by atoms with Crippen molar-refractivity contribution < 1.29 is 4.79 Å². The van der Waals surface area contributed by atoms with Gasteiger partial charge in [0, 0.05) is 31.2 Å². The highest BCUT2D eigenvalue weighted by atomic mass is 32.2. The molecule has 0 radical (unpaired) electrons. The van der Waals surface area contributed by atoms with Crippen LogP contribution in [-0.2, 0) is 16.9 Å². The van der Waals surface area contributed by atoms with E-state index in [1.807, 2.05) is 26.4 Å². The summed E-state index contributed by atoms with van der Waals surface area (Å²) in [4.78, 5) is 18.9. The molecule has 1 aliphatic heterocycles. The number of carbonyl (C=O) groups is 1. The zero-order chi connectivity index (χ0) is 20.4. The van der Waals surface area contributed by atoms with Crippen LogP contribution in [0.4, 0.5) is 0 Å². The number of aromatic nitrogens is 6. The van der Waals surface area contributed by atoms with E-state index in [9.17, 15) is 4.79 Å². The summed E-state index contributed by atoms with van der Waals surface area (Å²) < 4.78 is 3.84. The normalized spacial score (nSPS) is 19.7. The van der Waals surface area contributed by atoms with Crippen LogP contribution in [0, 0.1) is 13.8 Å². The Bertz CT molecular complexity index is 980. The fourth-order valence-corrected chi connectivity index (χ4v) is 5.08. The summed E-state index contributed by atoms with van der Waals surface area (Å²) in [6, 6.07) is 6.14. The number of hydrogen-bond acceptors (Lipinski definition) is 6. The highest BCUT2D eigenvalue weighted by molar-refractivity contribution is 8.00. The molecule has 1 saturated heterocycles. The number of thioether (sulfide) groups is 1. The predicted octanol–water partition coefficient (Wildman–Crippen LogP) is 2.36. The zero-order valence-corrected chi connectivity index (χ0v) is 17.8. The third-order valence-corrected chi connectivity index (χ3v) is 6.68. The van der Waals surface area contributed by atoms with E-state index >= 15 is 0 Å². The maximum absolute atomic E-state index is 12.9. The minimum absolute atomic E-state index is 0.130. The van der Waals surface area contributed by atoms with E-state index in [-0.39, 0.29) is 5.91 Å². The molecular formula is C20H25N7OS. The Kier molecular flexibility index (Phi) is 5.40. The lowest BCUT2D eigenvalue weighted by Crippen LogP contribution is -2.54. The third-order valence-electron chi connectivity index (χ3n) is 5.47. The quantitative estimate of drug-likeness (QED) is 0.619. The van der Waals surface area contributed by atoms with E-state index < -0.39 is 5.54 Å². The van der Waals surface area contributed by atoms with Gasteiger partial charge in [-0.3, -0.25) is 4.79 Å². The fourth-order valence-electron chi connectivity index (χ4n) is 3.97. The summed E-state index contributed by atoms with van der Waals surface area (Å²) in [7, 11) is 0. The maximum Gasteiger partial charge on any atom is 0.233 e. The van der Waals surface area contributed by atoms with Crippen molar-refractivity contribution in [1.82, 2.24) is 34.7 Å². The highest BCUT2D eigenvalue weighted by Gasteiger charge is 2.44. The van der Waals surface area contributed by atoms with Crippen molar-refractivity contribution in [2.24, 2.45) is 0 Å². The number of hydrogen-bond donors (Lipinski definition) is 0. The number of tetrazole rings is 1. The van der Waals surface area contributed by atoms with Gasteiger partial charge in [-0.1, -0.05) is 18.2 Å². The van der Waals surface area contributed by atoms with Gasteiger partial charge in [-0.05, 0) is 48.7 Å². The Balaban J connectivity index is 1.66. The van der Waals surface area contributed by atoms with Crippen molar-refractivity contribution in [1.29, 1.82) is 0 Å². The van der Waals surface area contributed by atoms with Crippen LogP contribution in [-0.4, -0.2) is 58.6 Å². The van der Waals surface area contributed by atoms with Gasteiger partial charge in [0.1, 0.15) is 5.54 Å². The summed E-state index contributed by atoms with van der Waals surface area (Å²) in [5.74, 6) is 2.09. The van der Waals surface area contributed by atoms with E-state index in [1.54, 1.807) is 24.3 Å². The maximum atomic E-state index is 12.9. The second-order valence-corrected chi connectivity index (χ2v) is 8.61. The molecule has 1 aliphatic rings. The van der Waals surface area contributed by atoms with Crippen molar-refractivity contribution >= 4 is 17.7 Å². The molecule has 0 bridgehead atoms. The van der Waals surface area contributed by atoms with Crippen LogP contribution in [0.1, 0.15) is 30.3 Å². The first kappa shape index (κ1) is 19.6. The lowest BCUT2D eigenvalue weighted by Gasteiger charge is -2.43. The van der Waals surface area contributed by atoms with Crippen molar-refractivity contribution in [2.75, 3.05) is 18.1 Å². The number of aryl methyl sites for hydroxylation is 3. The first-order valence-electron chi connectivity index (χ1n) is 9.70. The molecule has 3 aromatic rings. The lowest BCUT2D eigenvalue weighted by atomic mass is 9.99. The molecular weight excluding hydrogens is 386 g/mol. The molecule has 2 aromatic heterocycles. The Hall–Kier alpha value is -2.68. The van der Waals surface area contributed by atoms with Crippen molar-refractivity contribution in [3.05, 3.63) is 53.9 Å². The second kappa shape index (κ2) is 7.98. The van der Waals surface area contributed by atoms with E-state index in [4.69, 9.17) is 0 Å². The van der Waals surface area contributed by atoms with Gasteiger partial charge < -0.3 is 9.47 Å². The summed E-state index contributed by atoms with van der Waals surface area (Å²) in [5, 5.41) is 12.7. The summed E-state index contributed by atoms with van der Waals surface area (Å²) in [6.07, 6.45) is 6.35. The van der Waals surface area contributed by atoms with Gasteiger partial charge in [-0.15, -0.1) is 16.9 Å². The van der Waals surface area contributed by atoms with Gasteiger partial charge in [-0.25, -0.2) is 4.98 Å². The monoisotopic (exact) mass is 411 g/mol. The average molecular weight is 412 g/mol. The number of benzene rings is 1. The smallest absolute Gasteiger partial charge is 0.233 e. The van der Waals surface area contributed by atoms with Crippen LogP contribution in [0.25, 0.3) is 5.69 Å². The Labute approximate surface area is 174 Å². The Morgan fingerprint density at radius 1 is 1.21 bits per heavy atom. The molecule has 0 saturated carbocycles. The Morgan fingerprint density at radius 3 is 2.72 bits per heavy atom. The number of amides is 1. The lowest BCUT2D eigenvalue weighted by molar-refractivity contribution is -0.135. The highest BCUT2D eigenvalue weighted by Crippen LogP contribution is 2.36. The van der Waals surface area contributed by atoms with E-state index in [2.05, 4.69) is 53.4 Å². The second-order valence-electron chi connectivity index (χ2n) is 7.62. The average Bonchev–Trinajstić information content (AvgIpc) is 3.36. The predicted molar refractivity (Wildman–Crippen MR) is 112 cm³/mol. The van der Waals surface area contributed by atoms with Crippen LogP contribution in [0.3, 0.4) is 0 Å². The first-order valence-corrected chi connectivity index (χ1v) is 10.9. The first-order chi connectivity index (χ1) is 14.0. The number of carbonyl (C=O) groups excluding carboxylic acids is 1. The molecule has 0 spiro atoms. The summed E-state index contributed by atoms with van der Waals surface area (Å²) >= 11 is 1.64. The standard InChI is InChI=1S/C20H25N7OS/c1-15-6-4-7-16(2)18(15)27-19(22-23-24-27)20(3)13-29-12-17(28)26(20)10-5-9-25-11-8-21-14-25/h4,6-8,11,14H,5,9-10,12-13H2,1-3H3. The molecule has 1 atom stereocenters. The van der Waals surface area contributed by atoms with Gasteiger partial charge >= 0.3 is 0 Å². The number of rotatable bonds is 6. The van der Waals surface area contributed by atoms with Crippen LogP contribution in [0.2, 0.25) is 0 Å². The van der Waals surface area contributed by atoms with E-state index in [1.165, 1.54) is 0 Å². The van der Waals surface area contributed by atoms with Gasteiger partial charge in [0.2, 0.25) is 5.91 Å². The Morgan fingerprint density at radius 2 is 2.00 bits per heavy atom. The summed E-state index contributed by atoms with van der Waals surface area (Å²) in [5.41, 5.74) is 2.61. The van der Waals surface area contributed by atoms with Crippen molar-refractivity contribution in [3.8, 4) is 5.69 Å². The van der Waals surface area contributed by atoms with Crippen LogP contribution in [0.15, 0.2) is 36.9 Å². The topological polar surface area (TPSA) is 81.7 Å². The molecule has 8 nitrogen and oxygen atoms in total. The molecule has 4 rings (SSSR count). The summed E-state index contributed by atoms with van der Waals surface area (Å²) in [6.45, 7) is 7.65. The van der Waals surface area contributed by atoms with Gasteiger partial charge in [0.15, 0.2) is 5.82 Å². The molecule has 152 valence electrons. The molecule has 29 heavy (non-hydrogen) atoms. The number of para-hydroxylation sites is 1. The molecule has 0 aliphatic carbocycles. The molecule has 1 amide bonds. The molecule has 0 N–H and O–H groups in total. The number of imidazole rings is 1. The van der Waals surface area contributed by atoms with Crippen LogP contribution in [0.5, 0.6) is 0 Å². The minimum atomic E-state index is -0.576. The molecule has 3 heterocycles. The minimum Gasteiger partial charge on any atom is -0.337 e. The molecule has 9 heteroatoms. The van der Waals surface area contributed by atoms with Gasteiger partial charge in [0.05, 0.1) is 17.8 Å². The van der Waals surface area contributed by atoms with Crippen LogP contribution < -0.4 is 0 Å². The van der Waals surface area contributed by atoms with Gasteiger partial charge in [0.25, 0.3) is 0 Å².